The molecule has 0 spiro atoms. The van der Waals surface area contributed by atoms with Crippen LogP contribution in [0.25, 0.3) is 0 Å². The van der Waals surface area contributed by atoms with Crippen LogP contribution >= 0.6 is 0 Å². The van der Waals surface area contributed by atoms with Gasteiger partial charge in [-0.3, -0.25) is 4.79 Å². The number of amides is 1. The van der Waals surface area contributed by atoms with Gasteiger partial charge in [-0.2, -0.15) is 0 Å². The van der Waals surface area contributed by atoms with Crippen LogP contribution in [0.1, 0.15) is 11.6 Å². The largest absolute Gasteiger partial charge is 0.479 e. The van der Waals surface area contributed by atoms with E-state index in [0.717, 1.165) is 12.1 Å². The average molecular weight is 197 g/mol. The third-order valence-electron chi connectivity index (χ3n) is 1.68. The van der Waals surface area contributed by atoms with Gasteiger partial charge in [-0.1, -0.05) is 12.1 Å². The van der Waals surface area contributed by atoms with E-state index in [1.54, 1.807) is 0 Å². The minimum atomic E-state index is -1.19. The maximum absolute atomic E-state index is 12.5. The molecule has 1 aromatic rings. The summed E-state index contributed by atoms with van der Waals surface area (Å²) in [4.78, 5) is 20.8. The fraction of sp³-hybridized carbons (Fsp3) is 0.111. The summed E-state index contributed by atoms with van der Waals surface area (Å²) in [5, 5.41) is 10.8. The summed E-state index contributed by atoms with van der Waals surface area (Å²) >= 11 is 0. The molecular formula is C9H8FNO3. The Morgan fingerprint density at radius 2 is 2.00 bits per heavy atom. The van der Waals surface area contributed by atoms with E-state index < -0.39 is 17.8 Å². The average Bonchev–Trinajstić information content (AvgIpc) is 2.15. The fourth-order valence-electron chi connectivity index (χ4n) is 1.03. The summed E-state index contributed by atoms with van der Waals surface area (Å²) < 4.78 is 12.5. The Morgan fingerprint density at radius 1 is 1.43 bits per heavy atom. The molecule has 5 heteroatoms. The van der Waals surface area contributed by atoms with Crippen LogP contribution in [0.2, 0.25) is 0 Å². The normalized spacial score (nSPS) is 11.8. The first-order chi connectivity index (χ1) is 6.65. The second-order valence-corrected chi connectivity index (χ2v) is 2.61. The number of halogens is 1. The van der Waals surface area contributed by atoms with Gasteiger partial charge < -0.3 is 10.4 Å². The third kappa shape index (κ3) is 2.29. The van der Waals surface area contributed by atoms with Crippen molar-refractivity contribution < 1.29 is 19.1 Å². The van der Waals surface area contributed by atoms with Crippen LogP contribution in [-0.2, 0) is 9.59 Å². The topological polar surface area (TPSA) is 66.4 Å². The lowest BCUT2D eigenvalue weighted by Crippen LogP contribution is -2.27. The molecule has 1 atom stereocenters. The fourth-order valence-corrected chi connectivity index (χ4v) is 1.03. The summed E-state index contributed by atoms with van der Waals surface area (Å²) in [7, 11) is 0. The maximum Gasteiger partial charge on any atom is 0.330 e. The van der Waals surface area contributed by atoms with E-state index in [0.29, 0.717) is 12.0 Å². The molecule has 74 valence electrons. The van der Waals surface area contributed by atoms with Crippen molar-refractivity contribution in [1.29, 1.82) is 0 Å². The third-order valence-corrected chi connectivity index (χ3v) is 1.68. The first-order valence-electron chi connectivity index (χ1n) is 3.83. The summed E-state index contributed by atoms with van der Waals surface area (Å²) in [5.41, 5.74) is 0.325. The second kappa shape index (κ2) is 4.36. The first kappa shape index (κ1) is 10.2. The zero-order valence-corrected chi connectivity index (χ0v) is 7.11. The smallest absolute Gasteiger partial charge is 0.330 e. The van der Waals surface area contributed by atoms with Gasteiger partial charge in [-0.05, 0) is 17.7 Å². The lowest BCUT2D eigenvalue weighted by Gasteiger charge is -2.10. The van der Waals surface area contributed by atoms with Crippen LogP contribution in [-0.4, -0.2) is 17.5 Å². The highest BCUT2D eigenvalue weighted by Crippen LogP contribution is 2.13. The number of carbonyl (C=O) groups is 2. The number of carboxylic acids is 1. The van der Waals surface area contributed by atoms with Crippen molar-refractivity contribution in [2.24, 2.45) is 0 Å². The molecule has 1 amide bonds. The number of nitrogens with one attached hydrogen (secondary N) is 1. The predicted octanol–water partition coefficient (Wildman–Crippen LogP) is 0.697. The Labute approximate surface area is 79.4 Å². The van der Waals surface area contributed by atoms with Crippen molar-refractivity contribution in [2.45, 2.75) is 6.04 Å². The number of benzene rings is 1. The Hall–Kier alpha value is -1.91. The summed E-state index contributed by atoms with van der Waals surface area (Å²) in [5.74, 6) is -1.65. The van der Waals surface area contributed by atoms with Gasteiger partial charge in [0.25, 0.3) is 0 Å². The quantitative estimate of drug-likeness (QED) is 0.698. The second-order valence-electron chi connectivity index (χ2n) is 2.61. The van der Waals surface area contributed by atoms with Gasteiger partial charge in [-0.15, -0.1) is 0 Å². The zero-order valence-electron chi connectivity index (χ0n) is 7.11. The van der Waals surface area contributed by atoms with Crippen LogP contribution in [0.4, 0.5) is 4.39 Å². The van der Waals surface area contributed by atoms with E-state index in [1.807, 2.05) is 0 Å². The number of hydrogen-bond acceptors (Lipinski definition) is 2. The molecular weight excluding hydrogens is 189 g/mol. The molecule has 2 N–H and O–H groups in total. The van der Waals surface area contributed by atoms with Crippen LogP contribution in [0.5, 0.6) is 0 Å². The molecule has 0 aliphatic rings. The van der Waals surface area contributed by atoms with Crippen molar-refractivity contribution in [2.75, 3.05) is 0 Å². The van der Waals surface area contributed by atoms with Crippen molar-refractivity contribution in [3.05, 3.63) is 35.6 Å². The molecule has 0 aliphatic heterocycles. The van der Waals surface area contributed by atoms with Gasteiger partial charge in [0.05, 0.1) is 0 Å². The van der Waals surface area contributed by atoms with Gasteiger partial charge in [0.1, 0.15) is 5.82 Å². The Kier molecular flexibility index (Phi) is 3.17. The Morgan fingerprint density at radius 3 is 2.43 bits per heavy atom. The van der Waals surface area contributed by atoms with E-state index in [-0.39, 0.29) is 0 Å². The lowest BCUT2D eigenvalue weighted by atomic mass is 10.1. The predicted molar refractivity (Wildman–Crippen MR) is 46.0 cm³/mol. The van der Waals surface area contributed by atoms with E-state index in [2.05, 4.69) is 5.32 Å². The van der Waals surface area contributed by atoms with E-state index in [9.17, 15) is 14.0 Å². The van der Waals surface area contributed by atoms with Crippen molar-refractivity contribution in [1.82, 2.24) is 5.32 Å². The Bertz CT molecular complexity index is 336. The molecule has 1 aromatic carbocycles. The van der Waals surface area contributed by atoms with Crippen LogP contribution in [0.3, 0.4) is 0 Å². The molecule has 0 aromatic heterocycles. The van der Waals surface area contributed by atoms with Gasteiger partial charge in [0.15, 0.2) is 6.04 Å². The molecule has 4 nitrogen and oxygen atoms in total. The summed E-state index contributed by atoms with van der Waals surface area (Å²) in [6.45, 7) is 0. The van der Waals surface area contributed by atoms with Gasteiger partial charge in [0, 0.05) is 0 Å². The number of carbonyl (C=O) groups excluding carboxylic acids is 1. The van der Waals surface area contributed by atoms with Crippen LogP contribution < -0.4 is 5.32 Å². The molecule has 0 aliphatic carbocycles. The summed E-state index contributed by atoms with van der Waals surface area (Å²) in [6, 6.07) is 3.76. The monoisotopic (exact) mass is 197 g/mol. The molecule has 0 fully saturated rings. The van der Waals surface area contributed by atoms with Crippen LogP contribution in [0.15, 0.2) is 24.3 Å². The number of rotatable bonds is 4. The minimum Gasteiger partial charge on any atom is -0.479 e. The number of carboxylic acid groups (broad SMARTS) is 1. The van der Waals surface area contributed by atoms with Crippen LogP contribution in [0, 0.1) is 5.82 Å². The molecule has 0 saturated carbocycles. The molecule has 0 bridgehead atoms. The maximum atomic E-state index is 12.5. The van der Waals surface area contributed by atoms with Gasteiger partial charge >= 0.3 is 5.97 Å². The molecule has 0 heterocycles. The Balaban J connectivity index is 2.93. The molecule has 1 unspecified atom stereocenters. The molecule has 1 rings (SSSR count). The van der Waals surface area contributed by atoms with E-state index in [4.69, 9.17) is 5.11 Å². The zero-order chi connectivity index (χ0) is 10.6. The van der Waals surface area contributed by atoms with Crippen molar-refractivity contribution in [3.8, 4) is 0 Å². The first-order valence-corrected chi connectivity index (χ1v) is 3.83. The molecule has 0 radical (unpaired) electrons. The lowest BCUT2D eigenvalue weighted by molar-refractivity contribution is -0.140. The SMILES string of the molecule is O=CNC(C(=O)O)c1ccc(F)cc1. The van der Waals surface area contributed by atoms with Gasteiger partial charge in [0.2, 0.25) is 6.41 Å². The van der Waals surface area contributed by atoms with E-state index in [1.165, 1.54) is 12.1 Å². The highest BCUT2D eigenvalue weighted by Gasteiger charge is 2.18. The highest BCUT2D eigenvalue weighted by molar-refractivity contribution is 5.78. The van der Waals surface area contributed by atoms with Crippen molar-refractivity contribution >= 4 is 12.4 Å². The van der Waals surface area contributed by atoms with E-state index >= 15 is 0 Å². The highest BCUT2D eigenvalue weighted by atomic mass is 19.1. The number of aliphatic carboxylic acids is 1. The van der Waals surface area contributed by atoms with Crippen molar-refractivity contribution in [3.63, 3.8) is 0 Å². The summed E-state index contributed by atoms with van der Waals surface area (Å²) in [6.07, 6.45) is 0.294. The minimum absolute atomic E-state index is 0.294. The molecule has 0 saturated heterocycles. The number of hydrogen-bond donors (Lipinski definition) is 2. The molecule has 14 heavy (non-hydrogen) atoms. The standard InChI is InChI=1S/C9H8FNO3/c10-7-3-1-6(2-4-7)8(9(13)14)11-5-12/h1-5,8H,(H,11,12)(H,13,14). The van der Waals surface area contributed by atoms with Gasteiger partial charge in [-0.25, -0.2) is 9.18 Å².